The number of anilines is 1. The highest BCUT2D eigenvalue weighted by atomic mass is 16.3. The number of nitrogens with two attached hydrogens (primary N) is 1. The minimum atomic E-state index is 0.220. The normalized spacial score (nSPS) is 11.8. The molecule has 3 aromatic heterocycles. The van der Waals surface area contributed by atoms with E-state index < -0.39 is 0 Å². The van der Waals surface area contributed by atoms with Gasteiger partial charge in [-0.05, 0) is 30.3 Å². The molecular formula is C28H17N3O2. The third-order valence-corrected chi connectivity index (χ3v) is 6.10. The number of rotatable bonds is 2. The van der Waals surface area contributed by atoms with Crippen LogP contribution in [-0.2, 0) is 0 Å². The molecule has 5 heteroatoms. The van der Waals surface area contributed by atoms with Gasteiger partial charge in [-0.3, -0.25) is 0 Å². The highest BCUT2D eigenvalue weighted by Crippen LogP contribution is 2.39. The zero-order valence-electron chi connectivity index (χ0n) is 17.4. The van der Waals surface area contributed by atoms with E-state index in [1.165, 1.54) is 0 Å². The number of para-hydroxylation sites is 2. The molecule has 4 aromatic carbocycles. The van der Waals surface area contributed by atoms with E-state index in [9.17, 15) is 0 Å². The molecule has 0 bridgehead atoms. The Bertz CT molecular complexity index is 1710. The number of aromatic nitrogens is 2. The standard InChI is InChI=1S/C28H17N3O2/c29-28-30-20(16-9-5-13-24-26(16)18-7-1-3-11-22(18)32-24)15-21(31-28)17-10-6-14-25-27(17)19-8-2-4-12-23(19)33-25/h1-15H,(H2,29,30,31). The molecule has 0 aliphatic rings. The van der Waals surface area contributed by atoms with Gasteiger partial charge in [0.1, 0.15) is 22.3 Å². The second-order valence-corrected chi connectivity index (χ2v) is 8.05. The minimum absolute atomic E-state index is 0.220. The van der Waals surface area contributed by atoms with Gasteiger partial charge in [-0.15, -0.1) is 0 Å². The fourth-order valence-corrected chi connectivity index (χ4v) is 4.72. The van der Waals surface area contributed by atoms with Gasteiger partial charge < -0.3 is 14.6 Å². The summed E-state index contributed by atoms with van der Waals surface area (Å²) in [5.41, 5.74) is 13.0. The zero-order chi connectivity index (χ0) is 21.9. The SMILES string of the molecule is Nc1nc(-c2cccc3oc4ccccc4c23)cc(-c2cccc3oc4ccccc4c23)n1. The van der Waals surface area contributed by atoms with Crippen LogP contribution in [0, 0.1) is 0 Å². The molecule has 33 heavy (non-hydrogen) atoms. The molecule has 3 heterocycles. The predicted octanol–water partition coefficient (Wildman–Crippen LogP) is 7.19. The third-order valence-electron chi connectivity index (χ3n) is 6.10. The van der Waals surface area contributed by atoms with Gasteiger partial charge in [0, 0.05) is 32.7 Å². The Labute approximate surface area is 188 Å². The molecule has 0 saturated carbocycles. The van der Waals surface area contributed by atoms with E-state index in [0.717, 1.165) is 66.4 Å². The molecule has 0 unspecified atom stereocenters. The maximum atomic E-state index is 6.23. The highest BCUT2D eigenvalue weighted by Gasteiger charge is 2.17. The lowest BCUT2D eigenvalue weighted by Gasteiger charge is -2.09. The molecule has 0 atom stereocenters. The number of nitrogen functional groups attached to an aromatic ring is 1. The molecule has 2 N–H and O–H groups in total. The molecule has 156 valence electrons. The molecule has 7 aromatic rings. The van der Waals surface area contributed by atoms with E-state index >= 15 is 0 Å². The van der Waals surface area contributed by atoms with Gasteiger partial charge in [-0.2, -0.15) is 0 Å². The smallest absolute Gasteiger partial charge is 0.221 e. The maximum Gasteiger partial charge on any atom is 0.221 e. The predicted molar refractivity (Wildman–Crippen MR) is 132 cm³/mol. The number of benzene rings is 4. The summed E-state index contributed by atoms with van der Waals surface area (Å²) < 4.78 is 12.1. The average Bonchev–Trinajstić information content (AvgIpc) is 3.42. The Hall–Kier alpha value is -4.64. The number of nitrogens with zero attached hydrogens (tertiary/aromatic N) is 2. The Morgan fingerprint density at radius 3 is 1.48 bits per heavy atom. The van der Waals surface area contributed by atoms with Crippen LogP contribution in [0.15, 0.2) is 99.8 Å². The molecule has 0 amide bonds. The number of hydrogen-bond acceptors (Lipinski definition) is 5. The number of hydrogen-bond donors (Lipinski definition) is 1. The topological polar surface area (TPSA) is 78.1 Å². The first-order valence-electron chi connectivity index (χ1n) is 10.7. The van der Waals surface area contributed by atoms with Crippen LogP contribution in [0.3, 0.4) is 0 Å². The van der Waals surface area contributed by atoms with Crippen molar-refractivity contribution in [3.05, 3.63) is 91.0 Å². The molecule has 0 aliphatic heterocycles. The summed E-state index contributed by atoms with van der Waals surface area (Å²) in [5.74, 6) is 0.220. The van der Waals surface area contributed by atoms with Crippen LogP contribution >= 0.6 is 0 Å². The largest absolute Gasteiger partial charge is 0.456 e. The van der Waals surface area contributed by atoms with Gasteiger partial charge in [0.25, 0.3) is 0 Å². The molecule has 0 fully saturated rings. The summed E-state index contributed by atoms with van der Waals surface area (Å²) in [6.07, 6.45) is 0. The van der Waals surface area contributed by atoms with Crippen LogP contribution in [0.25, 0.3) is 66.4 Å². The van der Waals surface area contributed by atoms with Crippen molar-refractivity contribution in [1.82, 2.24) is 9.97 Å². The van der Waals surface area contributed by atoms with Crippen molar-refractivity contribution < 1.29 is 8.83 Å². The first-order valence-corrected chi connectivity index (χ1v) is 10.7. The molecule has 0 spiro atoms. The van der Waals surface area contributed by atoms with Gasteiger partial charge >= 0.3 is 0 Å². The summed E-state index contributed by atoms with van der Waals surface area (Å²) in [6, 6.07) is 30.0. The third kappa shape index (κ3) is 2.66. The van der Waals surface area contributed by atoms with Gasteiger partial charge in [0.15, 0.2) is 0 Å². The van der Waals surface area contributed by atoms with Crippen molar-refractivity contribution in [2.24, 2.45) is 0 Å². The summed E-state index contributed by atoms with van der Waals surface area (Å²) in [7, 11) is 0. The van der Waals surface area contributed by atoms with Crippen LogP contribution in [0.2, 0.25) is 0 Å². The molecule has 7 rings (SSSR count). The molecule has 0 radical (unpaired) electrons. The van der Waals surface area contributed by atoms with Crippen molar-refractivity contribution in [1.29, 1.82) is 0 Å². The summed E-state index contributed by atoms with van der Waals surface area (Å²) >= 11 is 0. The number of furan rings is 2. The van der Waals surface area contributed by atoms with Gasteiger partial charge in [0.05, 0.1) is 11.4 Å². The van der Waals surface area contributed by atoms with Crippen molar-refractivity contribution in [3.8, 4) is 22.5 Å². The minimum Gasteiger partial charge on any atom is -0.456 e. The van der Waals surface area contributed by atoms with Crippen LogP contribution in [0.4, 0.5) is 5.95 Å². The first kappa shape index (κ1) is 18.0. The maximum absolute atomic E-state index is 6.23. The number of fused-ring (bicyclic) bond motifs is 6. The molecule has 5 nitrogen and oxygen atoms in total. The Balaban J connectivity index is 1.52. The van der Waals surface area contributed by atoms with Crippen LogP contribution in [-0.4, -0.2) is 9.97 Å². The second-order valence-electron chi connectivity index (χ2n) is 8.05. The van der Waals surface area contributed by atoms with E-state index in [2.05, 4.69) is 22.1 Å². The Morgan fingerprint density at radius 2 is 0.970 bits per heavy atom. The fraction of sp³-hybridized carbons (Fsp3) is 0. The van der Waals surface area contributed by atoms with Crippen LogP contribution in [0.1, 0.15) is 0 Å². The average molecular weight is 427 g/mol. The molecule has 0 saturated heterocycles. The monoisotopic (exact) mass is 427 g/mol. The summed E-state index contributed by atoms with van der Waals surface area (Å²) in [5, 5.41) is 4.13. The fourth-order valence-electron chi connectivity index (χ4n) is 4.72. The molecule has 0 aliphatic carbocycles. The highest BCUT2D eigenvalue weighted by molar-refractivity contribution is 6.13. The van der Waals surface area contributed by atoms with E-state index in [0.29, 0.717) is 0 Å². The summed E-state index contributed by atoms with van der Waals surface area (Å²) in [4.78, 5) is 9.20. The quantitative estimate of drug-likeness (QED) is 0.316. The Kier molecular flexibility index (Phi) is 3.64. The van der Waals surface area contributed by atoms with Crippen molar-refractivity contribution in [2.75, 3.05) is 5.73 Å². The van der Waals surface area contributed by atoms with Gasteiger partial charge in [-0.25, -0.2) is 9.97 Å². The second kappa shape index (κ2) is 6.68. The Morgan fingerprint density at radius 1 is 0.515 bits per heavy atom. The first-order chi connectivity index (χ1) is 16.3. The van der Waals surface area contributed by atoms with Gasteiger partial charge in [-0.1, -0.05) is 60.7 Å². The summed E-state index contributed by atoms with van der Waals surface area (Å²) in [6.45, 7) is 0. The van der Waals surface area contributed by atoms with Crippen molar-refractivity contribution in [3.63, 3.8) is 0 Å². The van der Waals surface area contributed by atoms with Gasteiger partial charge in [0.2, 0.25) is 5.95 Å². The lowest BCUT2D eigenvalue weighted by molar-refractivity contribution is 0.668. The van der Waals surface area contributed by atoms with E-state index in [1.807, 2.05) is 78.9 Å². The van der Waals surface area contributed by atoms with Crippen LogP contribution in [0.5, 0.6) is 0 Å². The lowest BCUT2D eigenvalue weighted by Crippen LogP contribution is -1.99. The molecular weight excluding hydrogens is 410 g/mol. The lowest BCUT2D eigenvalue weighted by atomic mass is 10.00. The van der Waals surface area contributed by atoms with Crippen molar-refractivity contribution in [2.45, 2.75) is 0 Å². The zero-order valence-corrected chi connectivity index (χ0v) is 17.4. The van der Waals surface area contributed by atoms with Crippen molar-refractivity contribution >= 4 is 49.8 Å². The van der Waals surface area contributed by atoms with E-state index in [4.69, 9.17) is 14.6 Å². The van der Waals surface area contributed by atoms with E-state index in [1.54, 1.807) is 0 Å². The van der Waals surface area contributed by atoms with E-state index in [-0.39, 0.29) is 5.95 Å². The van der Waals surface area contributed by atoms with Crippen LogP contribution < -0.4 is 5.73 Å².